The zero-order valence-corrected chi connectivity index (χ0v) is 16.1. The molecule has 0 aliphatic heterocycles. The quantitative estimate of drug-likeness (QED) is 0.821. The summed E-state index contributed by atoms with van der Waals surface area (Å²) in [5.41, 5.74) is 2.20. The molecular weight excluding hydrogens is 392 g/mol. The second kappa shape index (κ2) is 7.46. The normalized spacial score (nSPS) is 12.9. The molecule has 0 bridgehead atoms. The summed E-state index contributed by atoms with van der Waals surface area (Å²) < 4.78 is 25.9. The van der Waals surface area contributed by atoms with E-state index in [1.54, 1.807) is 30.3 Å². The minimum atomic E-state index is -3.54. The predicted octanol–water partition coefficient (Wildman–Crippen LogP) is 3.33. The second-order valence-electron chi connectivity index (χ2n) is 5.55. The van der Waals surface area contributed by atoms with Crippen LogP contribution in [-0.4, -0.2) is 31.9 Å². The summed E-state index contributed by atoms with van der Waals surface area (Å²) in [6.07, 6.45) is 1.08. The number of likely N-dealkylation sites (N-methyl/N-ethyl adjacent to an activating group) is 1. The van der Waals surface area contributed by atoms with E-state index in [1.165, 1.54) is 7.05 Å². The van der Waals surface area contributed by atoms with Gasteiger partial charge in [-0.1, -0.05) is 46.3 Å². The first-order valence-electron chi connectivity index (χ1n) is 7.25. The predicted molar refractivity (Wildman–Crippen MR) is 99.3 cm³/mol. The number of nitrogens with one attached hydrogen (secondary N) is 1. The van der Waals surface area contributed by atoms with Crippen LogP contribution >= 0.6 is 15.9 Å². The zero-order valence-electron chi connectivity index (χ0n) is 13.7. The van der Waals surface area contributed by atoms with E-state index in [-0.39, 0.29) is 0 Å². The molecule has 0 aromatic heterocycles. The Labute approximate surface area is 150 Å². The number of carbonyl (C=O) groups is 1. The maximum absolute atomic E-state index is 12.8. The fraction of sp³-hybridized carbons (Fsp3) is 0.235. The average molecular weight is 411 g/mol. The van der Waals surface area contributed by atoms with Crippen molar-refractivity contribution in [3.63, 3.8) is 0 Å². The first-order valence-corrected chi connectivity index (χ1v) is 9.89. The molecule has 7 heteroatoms. The molecule has 0 unspecified atom stereocenters. The van der Waals surface area contributed by atoms with Crippen molar-refractivity contribution >= 4 is 37.5 Å². The van der Waals surface area contributed by atoms with Gasteiger partial charge in [-0.25, -0.2) is 8.42 Å². The Balaban J connectivity index is 2.36. The summed E-state index contributed by atoms with van der Waals surface area (Å²) in [7, 11) is -2.14. The summed E-state index contributed by atoms with van der Waals surface area (Å²) in [4.78, 5) is 12.8. The third-order valence-corrected chi connectivity index (χ3v) is 5.82. The van der Waals surface area contributed by atoms with Gasteiger partial charge in [0.15, 0.2) is 0 Å². The van der Waals surface area contributed by atoms with Gasteiger partial charge in [-0.05, 0) is 36.2 Å². The Morgan fingerprint density at radius 2 is 1.79 bits per heavy atom. The largest absolute Gasteiger partial charge is 0.324 e. The lowest BCUT2D eigenvalue weighted by atomic mass is 10.1. The zero-order chi connectivity index (χ0) is 17.9. The molecule has 0 saturated carbocycles. The number of amides is 1. The van der Waals surface area contributed by atoms with Gasteiger partial charge < -0.3 is 5.32 Å². The van der Waals surface area contributed by atoms with Gasteiger partial charge in [0.25, 0.3) is 0 Å². The van der Waals surface area contributed by atoms with Crippen LogP contribution in [0.1, 0.15) is 17.2 Å². The molecule has 0 fully saturated rings. The van der Waals surface area contributed by atoms with Crippen LogP contribution < -0.4 is 5.32 Å². The third-order valence-electron chi connectivity index (χ3n) is 3.68. The van der Waals surface area contributed by atoms with Crippen LogP contribution in [0, 0.1) is 6.92 Å². The van der Waals surface area contributed by atoms with Crippen molar-refractivity contribution in [1.82, 2.24) is 4.31 Å². The van der Waals surface area contributed by atoms with Gasteiger partial charge in [-0.3, -0.25) is 4.79 Å². The molecule has 0 spiro atoms. The lowest BCUT2D eigenvalue weighted by molar-refractivity contribution is -0.119. The summed E-state index contributed by atoms with van der Waals surface area (Å²) in [6.45, 7) is 1.91. The van der Waals surface area contributed by atoms with Crippen LogP contribution in [0.25, 0.3) is 0 Å². The van der Waals surface area contributed by atoms with Crippen LogP contribution in [0.4, 0.5) is 5.69 Å². The number of rotatable bonds is 5. The molecule has 1 amide bonds. The van der Waals surface area contributed by atoms with Crippen LogP contribution in [0.15, 0.2) is 53.0 Å². The monoisotopic (exact) mass is 410 g/mol. The molecule has 2 rings (SSSR count). The molecule has 0 radical (unpaired) electrons. The van der Waals surface area contributed by atoms with E-state index in [0.29, 0.717) is 11.3 Å². The van der Waals surface area contributed by atoms with Crippen molar-refractivity contribution in [2.75, 3.05) is 18.6 Å². The highest BCUT2D eigenvalue weighted by Gasteiger charge is 2.30. The maximum Gasteiger partial charge on any atom is 0.247 e. The SMILES string of the molecule is Cc1cc(NC(=O)[C@H](c2ccccc2)N(C)S(C)(=O)=O)ccc1Br. The third kappa shape index (κ3) is 4.43. The van der Waals surface area contributed by atoms with Crippen molar-refractivity contribution < 1.29 is 13.2 Å². The Hall–Kier alpha value is -1.70. The fourth-order valence-corrected chi connectivity index (χ4v) is 3.13. The van der Waals surface area contributed by atoms with Crippen molar-refractivity contribution in [3.05, 3.63) is 64.1 Å². The van der Waals surface area contributed by atoms with Crippen LogP contribution in [0.5, 0.6) is 0 Å². The van der Waals surface area contributed by atoms with Crippen molar-refractivity contribution in [2.24, 2.45) is 0 Å². The number of anilines is 1. The number of hydrogen-bond donors (Lipinski definition) is 1. The highest BCUT2D eigenvalue weighted by atomic mass is 79.9. The van der Waals surface area contributed by atoms with Crippen molar-refractivity contribution in [1.29, 1.82) is 0 Å². The molecule has 0 aliphatic carbocycles. The molecular formula is C17H19BrN2O3S. The maximum atomic E-state index is 12.8. The van der Waals surface area contributed by atoms with Gasteiger partial charge in [0.2, 0.25) is 15.9 Å². The Bertz CT molecular complexity index is 838. The van der Waals surface area contributed by atoms with E-state index in [4.69, 9.17) is 0 Å². The number of sulfonamides is 1. The molecule has 0 heterocycles. The van der Waals surface area contributed by atoms with Gasteiger partial charge in [0.1, 0.15) is 6.04 Å². The van der Waals surface area contributed by atoms with E-state index in [0.717, 1.165) is 20.6 Å². The number of carbonyl (C=O) groups excluding carboxylic acids is 1. The summed E-state index contributed by atoms with van der Waals surface area (Å²) in [6, 6.07) is 13.3. The highest BCUT2D eigenvalue weighted by molar-refractivity contribution is 9.10. The topological polar surface area (TPSA) is 66.5 Å². The van der Waals surface area contributed by atoms with Gasteiger partial charge in [-0.15, -0.1) is 0 Å². The average Bonchev–Trinajstić information content (AvgIpc) is 2.51. The highest BCUT2D eigenvalue weighted by Crippen LogP contribution is 2.25. The van der Waals surface area contributed by atoms with Gasteiger partial charge >= 0.3 is 0 Å². The number of aryl methyl sites for hydroxylation is 1. The Kier molecular flexibility index (Phi) is 5.79. The molecule has 128 valence electrons. The van der Waals surface area contributed by atoms with Gasteiger partial charge in [0.05, 0.1) is 6.26 Å². The van der Waals surface area contributed by atoms with E-state index in [1.807, 2.05) is 25.1 Å². The van der Waals surface area contributed by atoms with E-state index < -0.39 is 22.0 Å². The number of benzene rings is 2. The minimum Gasteiger partial charge on any atom is -0.324 e. The Morgan fingerprint density at radius 1 is 1.17 bits per heavy atom. The molecule has 1 atom stereocenters. The van der Waals surface area contributed by atoms with E-state index in [2.05, 4.69) is 21.2 Å². The summed E-state index contributed by atoms with van der Waals surface area (Å²) in [5.74, 6) is -0.407. The van der Waals surface area contributed by atoms with Crippen molar-refractivity contribution in [3.8, 4) is 0 Å². The van der Waals surface area contributed by atoms with Crippen LogP contribution in [-0.2, 0) is 14.8 Å². The second-order valence-corrected chi connectivity index (χ2v) is 8.44. The number of halogens is 1. The molecule has 24 heavy (non-hydrogen) atoms. The van der Waals surface area contributed by atoms with Crippen molar-refractivity contribution in [2.45, 2.75) is 13.0 Å². The van der Waals surface area contributed by atoms with Gasteiger partial charge in [-0.2, -0.15) is 4.31 Å². The smallest absolute Gasteiger partial charge is 0.247 e. The number of nitrogens with zero attached hydrogens (tertiary/aromatic N) is 1. The van der Waals surface area contributed by atoms with Crippen LogP contribution in [0.3, 0.4) is 0 Å². The molecule has 2 aromatic rings. The molecule has 5 nitrogen and oxygen atoms in total. The molecule has 1 N–H and O–H groups in total. The molecule has 2 aromatic carbocycles. The lowest BCUT2D eigenvalue weighted by Crippen LogP contribution is -2.38. The van der Waals surface area contributed by atoms with Crippen LogP contribution in [0.2, 0.25) is 0 Å². The number of hydrogen-bond acceptors (Lipinski definition) is 3. The first-order chi connectivity index (χ1) is 11.2. The first kappa shape index (κ1) is 18.6. The van der Waals surface area contributed by atoms with E-state index >= 15 is 0 Å². The summed E-state index contributed by atoms with van der Waals surface area (Å²) in [5, 5.41) is 2.80. The molecule has 0 aliphatic rings. The van der Waals surface area contributed by atoms with E-state index in [9.17, 15) is 13.2 Å². The molecule has 0 saturated heterocycles. The standard InChI is InChI=1S/C17H19BrN2O3S/c1-12-11-14(9-10-15(12)18)19-17(21)16(20(2)24(3,22)23)13-7-5-4-6-8-13/h4-11,16H,1-3H3,(H,19,21)/t16-/m0/s1. The fourth-order valence-electron chi connectivity index (χ4n) is 2.29. The lowest BCUT2D eigenvalue weighted by Gasteiger charge is -2.25. The minimum absolute atomic E-state index is 0.407. The summed E-state index contributed by atoms with van der Waals surface area (Å²) >= 11 is 3.41. The Morgan fingerprint density at radius 3 is 2.33 bits per heavy atom. The van der Waals surface area contributed by atoms with Gasteiger partial charge in [0, 0.05) is 17.2 Å².